The Morgan fingerprint density at radius 1 is 1.03 bits per heavy atom. The molecule has 3 aromatic rings. The highest BCUT2D eigenvalue weighted by atomic mass is 16.5. The number of hydrogen-bond donors (Lipinski definition) is 2. The Hall–Kier alpha value is -3.49. The molecule has 2 aliphatic heterocycles. The molecule has 188 valence electrons. The van der Waals surface area contributed by atoms with Crippen LogP contribution < -0.4 is 20.3 Å². The van der Waals surface area contributed by atoms with Crippen LogP contribution in [0, 0.1) is 0 Å². The topological polar surface area (TPSA) is 88.6 Å². The van der Waals surface area contributed by atoms with Crippen molar-refractivity contribution in [1.29, 1.82) is 0 Å². The Morgan fingerprint density at radius 2 is 1.92 bits per heavy atom. The fourth-order valence-electron chi connectivity index (χ4n) is 4.56. The van der Waals surface area contributed by atoms with Gasteiger partial charge in [0.15, 0.2) is 0 Å². The van der Waals surface area contributed by atoms with Gasteiger partial charge < -0.3 is 25.0 Å². The lowest BCUT2D eigenvalue weighted by molar-refractivity contribution is -0.120. The van der Waals surface area contributed by atoms with Crippen LogP contribution in [-0.2, 0) is 16.1 Å². The number of ketones is 1. The average molecular weight is 488 g/mol. The third-order valence-corrected chi connectivity index (χ3v) is 6.64. The van der Waals surface area contributed by atoms with Crippen LogP contribution in [-0.4, -0.2) is 54.7 Å². The predicted molar refractivity (Wildman–Crippen MR) is 141 cm³/mol. The number of anilines is 3. The van der Waals surface area contributed by atoms with Gasteiger partial charge >= 0.3 is 0 Å². The Morgan fingerprint density at radius 3 is 2.81 bits per heavy atom. The van der Waals surface area contributed by atoms with E-state index < -0.39 is 0 Å². The first-order chi connectivity index (χ1) is 17.7. The first kappa shape index (κ1) is 24.2. The number of hydrogen-bond acceptors (Lipinski definition) is 8. The van der Waals surface area contributed by atoms with Crippen molar-refractivity contribution in [3.63, 3.8) is 0 Å². The molecule has 0 amide bonds. The summed E-state index contributed by atoms with van der Waals surface area (Å²) in [5, 5.41) is 6.81. The number of carbonyl (C=O) groups excluding carboxylic acids is 1. The molecule has 2 N–H and O–H groups in total. The minimum absolute atomic E-state index is 0.223. The molecule has 3 heterocycles. The van der Waals surface area contributed by atoms with Gasteiger partial charge in [-0.2, -0.15) is 0 Å². The Kier molecular flexibility index (Phi) is 7.73. The lowest BCUT2D eigenvalue weighted by atomic mass is 10.1. The Bertz CT molecular complexity index is 1200. The van der Waals surface area contributed by atoms with E-state index in [0.29, 0.717) is 38.7 Å². The summed E-state index contributed by atoms with van der Waals surface area (Å²) < 4.78 is 11.5. The molecule has 0 aliphatic carbocycles. The highest BCUT2D eigenvalue weighted by Gasteiger charge is 2.18. The molecule has 1 atom stereocenters. The van der Waals surface area contributed by atoms with E-state index in [4.69, 9.17) is 14.5 Å². The van der Waals surface area contributed by atoms with E-state index in [1.165, 1.54) is 0 Å². The van der Waals surface area contributed by atoms with Crippen LogP contribution in [0.4, 0.5) is 17.3 Å². The average Bonchev–Trinajstić information content (AvgIpc) is 2.92. The number of Topliss-reactive ketones (excluding diaryl/α,β-unsaturated/α-hetero) is 1. The molecule has 0 radical (unpaired) electrons. The smallest absolute Gasteiger partial charge is 0.227 e. The Balaban J connectivity index is 1.47. The number of nitrogens with one attached hydrogen (secondary N) is 2. The van der Waals surface area contributed by atoms with Crippen molar-refractivity contribution in [2.45, 2.75) is 38.8 Å². The summed E-state index contributed by atoms with van der Waals surface area (Å²) in [7, 11) is 0. The van der Waals surface area contributed by atoms with E-state index in [-0.39, 0.29) is 11.8 Å². The summed E-state index contributed by atoms with van der Waals surface area (Å²) in [5.74, 6) is 1.54. The standard InChI is InChI=1S/C28H33N5O3/c1-20-27(34)7-2-3-14-36-24-6-4-5-21(18-24)25-10-11-29-28(32-25)31-23-8-9-26(22(17-23)19-30-20)33-12-15-35-16-13-33/h4-6,8-11,17-18,20,30H,2-3,7,12-16,19H2,1H3,(H,29,31,32). The maximum Gasteiger partial charge on any atom is 0.227 e. The second-order valence-electron chi connectivity index (χ2n) is 9.24. The van der Waals surface area contributed by atoms with Crippen LogP contribution in [0.3, 0.4) is 0 Å². The van der Waals surface area contributed by atoms with Gasteiger partial charge in [0, 0.05) is 49.2 Å². The third-order valence-electron chi connectivity index (χ3n) is 6.64. The first-order valence-corrected chi connectivity index (χ1v) is 12.7. The van der Waals surface area contributed by atoms with Crippen molar-refractivity contribution in [3.8, 4) is 17.0 Å². The maximum atomic E-state index is 12.8. The molecule has 1 unspecified atom stereocenters. The summed E-state index contributed by atoms with van der Waals surface area (Å²) in [4.78, 5) is 24.3. The molecule has 5 rings (SSSR count). The van der Waals surface area contributed by atoms with Crippen molar-refractivity contribution >= 4 is 23.1 Å². The van der Waals surface area contributed by atoms with Crippen molar-refractivity contribution in [2.24, 2.45) is 0 Å². The minimum atomic E-state index is -0.223. The fraction of sp³-hybridized carbons (Fsp3) is 0.393. The van der Waals surface area contributed by atoms with Gasteiger partial charge in [-0.25, -0.2) is 9.97 Å². The number of ether oxygens (including phenoxy) is 2. The van der Waals surface area contributed by atoms with Gasteiger partial charge in [0.1, 0.15) is 11.5 Å². The zero-order valence-electron chi connectivity index (χ0n) is 20.7. The summed E-state index contributed by atoms with van der Waals surface area (Å²) in [6, 6.07) is 15.9. The second-order valence-corrected chi connectivity index (χ2v) is 9.24. The number of nitrogens with zero attached hydrogens (tertiary/aromatic N) is 3. The molecule has 1 fully saturated rings. The maximum absolute atomic E-state index is 12.8. The van der Waals surface area contributed by atoms with Crippen LogP contribution >= 0.6 is 0 Å². The molecule has 0 saturated carbocycles. The summed E-state index contributed by atoms with van der Waals surface area (Å²) in [6.07, 6.45) is 3.93. The van der Waals surface area contributed by atoms with Gasteiger partial charge in [-0.15, -0.1) is 0 Å². The number of benzene rings is 2. The van der Waals surface area contributed by atoms with Crippen LogP contribution in [0.1, 0.15) is 31.7 Å². The van der Waals surface area contributed by atoms with Crippen LogP contribution in [0.2, 0.25) is 0 Å². The van der Waals surface area contributed by atoms with E-state index >= 15 is 0 Å². The van der Waals surface area contributed by atoms with Gasteiger partial charge in [0.05, 0.1) is 31.6 Å². The van der Waals surface area contributed by atoms with Crippen LogP contribution in [0.15, 0.2) is 54.7 Å². The molecular formula is C28H33N5O3. The number of fused-ring (bicyclic) bond motifs is 7. The highest BCUT2D eigenvalue weighted by Crippen LogP contribution is 2.28. The van der Waals surface area contributed by atoms with E-state index in [2.05, 4.69) is 38.7 Å². The van der Waals surface area contributed by atoms with Crippen molar-refractivity contribution in [3.05, 3.63) is 60.3 Å². The molecule has 1 aromatic heterocycles. The Labute approximate surface area is 212 Å². The normalized spacial score (nSPS) is 19.3. The molecule has 8 nitrogen and oxygen atoms in total. The molecular weight excluding hydrogens is 454 g/mol. The molecule has 0 spiro atoms. The third kappa shape index (κ3) is 6.01. The zero-order valence-corrected chi connectivity index (χ0v) is 20.7. The van der Waals surface area contributed by atoms with Crippen molar-refractivity contribution in [1.82, 2.24) is 15.3 Å². The van der Waals surface area contributed by atoms with Gasteiger partial charge in [-0.3, -0.25) is 4.79 Å². The van der Waals surface area contributed by atoms with Gasteiger partial charge in [0.2, 0.25) is 5.95 Å². The summed E-state index contributed by atoms with van der Waals surface area (Å²) in [5.41, 5.74) is 4.96. The number of morpholine rings is 1. The molecule has 2 aliphatic rings. The molecule has 6 bridgehead atoms. The SMILES string of the molecule is CC1NCc2cc(ccc2N2CCOCC2)Nc2nccc(n2)-c2cccc(c2)OCCCCC1=O. The van der Waals surface area contributed by atoms with Crippen LogP contribution in [0.25, 0.3) is 11.3 Å². The summed E-state index contributed by atoms with van der Waals surface area (Å²) in [6.45, 7) is 6.24. The van der Waals surface area contributed by atoms with E-state index in [1.807, 2.05) is 37.3 Å². The van der Waals surface area contributed by atoms with Gasteiger partial charge in [-0.05, 0) is 61.7 Å². The first-order valence-electron chi connectivity index (χ1n) is 12.7. The van der Waals surface area contributed by atoms with Crippen molar-refractivity contribution in [2.75, 3.05) is 43.1 Å². The molecule has 1 saturated heterocycles. The van der Waals surface area contributed by atoms with E-state index in [9.17, 15) is 4.79 Å². The quantitative estimate of drug-likeness (QED) is 0.524. The molecule has 2 aromatic carbocycles. The van der Waals surface area contributed by atoms with E-state index in [0.717, 1.165) is 59.9 Å². The van der Waals surface area contributed by atoms with E-state index in [1.54, 1.807) is 6.20 Å². The zero-order chi connectivity index (χ0) is 24.7. The highest BCUT2D eigenvalue weighted by molar-refractivity contribution is 5.83. The number of rotatable bonds is 1. The van der Waals surface area contributed by atoms with Crippen LogP contribution in [0.5, 0.6) is 5.75 Å². The van der Waals surface area contributed by atoms with Crippen molar-refractivity contribution < 1.29 is 14.3 Å². The number of aromatic nitrogens is 2. The van der Waals surface area contributed by atoms with Gasteiger partial charge in [-0.1, -0.05) is 12.1 Å². The monoisotopic (exact) mass is 487 g/mol. The number of carbonyl (C=O) groups is 1. The largest absolute Gasteiger partial charge is 0.494 e. The summed E-state index contributed by atoms with van der Waals surface area (Å²) >= 11 is 0. The minimum Gasteiger partial charge on any atom is -0.494 e. The molecule has 8 heteroatoms. The predicted octanol–water partition coefficient (Wildman–Crippen LogP) is 4.33. The van der Waals surface area contributed by atoms with Gasteiger partial charge in [0.25, 0.3) is 0 Å². The fourth-order valence-corrected chi connectivity index (χ4v) is 4.56. The lowest BCUT2D eigenvalue weighted by Gasteiger charge is -2.31. The molecule has 36 heavy (non-hydrogen) atoms. The lowest BCUT2D eigenvalue weighted by Crippen LogP contribution is -2.38. The second kappa shape index (κ2) is 11.5.